The third-order valence-electron chi connectivity index (χ3n) is 4.45. The highest BCUT2D eigenvalue weighted by Crippen LogP contribution is 2.29. The topological polar surface area (TPSA) is 52.0 Å². The molecule has 0 spiro atoms. The largest absolute Gasteiger partial charge is 0.329 e. The van der Waals surface area contributed by atoms with Gasteiger partial charge in [-0.1, -0.05) is 36.4 Å². The van der Waals surface area contributed by atoms with E-state index in [9.17, 15) is 8.78 Å². The Bertz CT molecular complexity index is 795. The minimum Gasteiger partial charge on any atom is -0.329 e. The Hall–Kier alpha value is -2.56. The van der Waals surface area contributed by atoms with Crippen LogP contribution >= 0.6 is 0 Å². The lowest BCUT2D eigenvalue weighted by Gasteiger charge is -2.13. The highest BCUT2D eigenvalue weighted by Gasteiger charge is 2.08. The molecule has 1 atom stereocenters. The Balaban J connectivity index is 2.01. The number of halogens is 2. The highest BCUT2D eigenvalue weighted by atomic mass is 19.1. The minimum atomic E-state index is -0.266. The van der Waals surface area contributed by atoms with E-state index >= 15 is 0 Å². The minimum absolute atomic E-state index is 0.0428. The molecule has 0 bridgehead atoms. The SMILES string of the molecule is NC[C@H](N)CCc1cc(-c2ccc(F)cc2)cc(-c2ccc(F)cc2)c1. The van der Waals surface area contributed by atoms with Crippen LogP contribution in [-0.2, 0) is 6.42 Å². The van der Waals surface area contributed by atoms with Crippen molar-refractivity contribution in [2.24, 2.45) is 11.5 Å². The van der Waals surface area contributed by atoms with Crippen molar-refractivity contribution in [3.05, 3.63) is 83.9 Å². The van der Waals surface area contributed by atoms with Gasteiger partial charge in [0.05, 0.1) is 0 Å². The van der Waals surface area contributed by atoms with E-state index in [2.05, 4.69) is 12.1 Å². The molecule has 0 fully saturated rings. The molecule has 0 aliphatic rings. The van der Waals surface area contributed by atoms with E-state index in [-0.39, 0.29) is 17.7 Å². The first kappa shape index (κ1) is 18.2. The Morgan fingerprint density at radius 3 is 1.58 bits per heavy atom. The summed E-state index contributed by atoms with van der Waals surface area (Å²) in [6, 6.07) is 19.0. The van der Waals surface area contributed by atoms with Crippen molar-refractivity contribution in [2.45, 2.75) is 18.9 Å². The van der Waals surface area contributed by atoms with E-state index < -0.39 is 0 Å². The highest BCUT2D eigenvalue weighted by molar-refractivity contribution is 5.74. The summed E-state index contributed by atoms with van der Waals surface area (Å²) in [5.41, 5.74) is 16.5. The molecule has 3 aromatic rings. The van der Waals surface area contributed by atoms with Crippen molar-refractivity contribution in [1.29, 1.82) is 0 Å². The van der Waals surface area contributed by atoms with Gasteiger partial charge in [-0.2, -0.15) is 0 Å². The molecule has 0 saturated heterocycles. The molecule has 134 valence electrons. The zero-order valence-electron chi connectivity index (χ0n) is 14.5. The second-order valence-electron chi connectivity index (χ2n) is 6.47. The summed E-state index contributed by atoms with van der Waals surface area (Å²) in [5.74, 6) is -0.532. The molecule has 0 aliphatic carbocycles. The van der Waals surface area contributed by atoms with Crippen molar-refractivity contribution in [3.8, 4) is 22.3 Å². The Morgan fingerprint density at radius 2 is 1.15 bits per heavy atom. The van der Waals surface area contributed by atoms with E-state index in [4.69, 9.17) is 11.5 Å². The lowest BCUT2D eigenvalue weighted by molar-refractivity contribution is 0.623. The van der Waals surface area contributed by atoms with E-state index in [0.717, 1.165) is 40.7 Å². The van der Waals surface area contributed by atoms with Crippen LogP contribution in [0, 0.1) is 11.6 Å². The van der Waals surface area contributed by atoms with Crippen LogP contribution in [0.3, 0.4) is 0 Å². The first-order valence-corrected chi connectivity index (χ1v) is 8.66. The van der Waals surface area contributed by atoms with Crippen molar-refractivity contribution in [2.75, 3.05) is 6.54 Å². The third kappa shape index (κ3) is 4.54. The standard InChI is InChI=1S/C22H22F2N2/c23-20-6-2-16(3-7-20)18-11-15(1-10-22(26)14-25)12-19(13-18)17-4-8-21(24)9-5-17/h2-9,11-13,22H,1,10,14,25-26H2/t22-/m1/s1. The van der Waals surface area contributed by atoms with Crippen LogP contribution < -0.4 is 11.5 Å². The monoisotopic (exact) mass is 352 g/mol. The Kier molecular flexibility index (Phi) is 5.76. The predicted molar refractivity (Wildman–Crippen MR) is 103 cm³/mol. The van der Waals surface area contributed by atoms with Crippen LogP contribution in [0.5, 0.6) is 0 Å². The van der Waals surface area contributed by atoms with Gasteiger partial charge < -0.3 is 11.5 Å². The van der Waals surface area contributed by atoms with Gasteiger partial charge in [0.1, 0.15) is 11.6 Å². The summed E-state index contributed by atoms with van der Waals surface area (Å²) in [6.45, 7) is 0.447. The van der Waals surface area contributed by atoms with Crippen molar-refractivity contribution in [1.82, 2.24) is 0 Å². The van der Waals surface area contributed by atoms with E-state index in [0.29, 0.717) is 6.54 Å². The van der Waals surface area contributed by atoms with Gasteiger partial charge in [0.25, 0.3) is 0 Å². The lowest BCUT2D eigenvalue weighted by atomic mass is 9.94. The van der Waals surface area contributed by atoms with Crippen LogP contribution in [0.1, 0.15) is 12.0 Å². The van der Waals surface area contributed by atoms with Gasteiger partial charge in [0.2, 0.25) is 0 Å². The summed E-state index contributed by atoms with van der Waals surface area (Å²) in [4.78, 5) is 0. The van der Waals surface area contributed by atoms with Crippen LogP contribution in [0.4, 0.5) is 8.78 Å². The summed E-state index contributed by atoms with van der Waals surface area (Å²) >= 11 is 0. The molecule has 0 saturated carbocycles. The molecule has 0 unspecified atom stereocenters. The molecular formula is C22H22F2N2. The molecule has 0 aliphatic heterocycles. The smallest absolute Gasteiger partial charge is 0.123 e. The van der Waals surface area contributed by atoms with Crippen LogP contribution in [-0.4, -0.2) is 12.6 Å². The molecule has 0 amide bonds. The number of benzene rings is 3. The molecule has 3 aromatic carbocycles. The average Bonchev–Trinajstić information content (AvgIpc) is 2.67. The molecule has 3 rings (SSSR count). The van der Waals surface area contributed by atoms with Crippen molar-refractivity contribution in [3.63, 3.8) is 0 Å². The summed E-state index contributed by atoms with van der Waals surface area (Å²) in [5, 5.41) is 0. The predicted octanol–water partition coefficient (Wildman–Crippen LogP) is 4.52. The van der Waals surface area contributed by atoms with E-state index in [1.807, 2.05) is 6.07 Å². The lowest BCUT2D eigenvalue weighted by Crippen LogP contribution is -2.29. The molecule has 0 heterocycles. The van der Waals surface area contributed by atoms with Crippen LogP contribution in [0.2, 0.25) is 0 Å². The van der Waals surface area contributed by atoms with Crippen LogP contribution in [0.15, 0.2) is 66.7 Å². The molecule has 0 radical (unpaired) electrons. The first-order chi connectivity index (χ1) is 12.5. The van der Waals surface area contributed by atoms with Crippen molar-refractivity contribution >= 4 is 0 Å². The molecule has 0 aromatic heterocycles. The summed E-state index contributed by atoms with van der Waals surface area (Å²) in [7, 11) is 0. The van der Waals surface area contributed by atoms with Crippen LogP contribution in [0.25, 0.3) is 22.3 Å². The quantitative estimate of drug-likeness (QED) is 0.685. The zero-order valence-corrected chi connectivity index (χ0v) is 14.5. The van der Waals surface area contributed by atoms with Gasteiger partial charge in [-0.05, 0) is 71.0 Å². The fourth-order valence-corrected chi connectivity index (χ4v) is 2.92. The van der Waals surface area contributed by atoms with Crippen molar-refractivity contribution < 1.29 is 8.78 Å². The Morgan fingerprint density at radius 1 is 0.692 bits per heavy atom. The number of hydrogen-bond donors (Lipinski definition) is 2. The summed E-state index contributed by atoms with van der Waals surface area (Å²) in [6.07, 6.45) is 1.58. The van der Waals surface area contributed by atoms with Gasteiger partial charge in [-0.15, -0.1) is 0 Å². The number of aryl methyl sites for hydroxylation is 1. The van der Waals surface area contributed by atoms with Gasteiger partial charge in [0, 0.05) is 12.6 Å². The maximum Gasteiger partial charge on any atom is 0.123 e. The molecule has 4 heteroatoms. The van der Waals surface area contributed by atoms with Gasteiger partial charge in [0.15, 0.2) is 0 Å². The normalized spacial score (nSPS) is 12.2. The zero-order chi connectivity index (χ0) is 18.5. The molecule has 4 N–H and O–H groups in total. The Labute approximate surface area is 152 Å². The fraction of sp³-hybridized carbons (Fsp3) is 0.182. The molecule has 26 heavy (non-hydrogen) atoms. The fourth-order valence-electron chi connectivity index (χ4n) is 2.92. The average molecular weight is 352 g/mol. The maximum atomic E-state index is 13.3. The number of rotatable bonds is 6. The number of hydrogen-bond acceptors (Lipinski definition) is 2. The third-order valence-corrected chi connectivity index (χ3v) is 4.45. The second-order valence-corrected chi connectivity index (χ2v) is 6.47. The van der Waals surface area contributed by atoms with Gasteiger partial charge >= 0.3 is 0 Å². The van der Waals surface area contributed by atoms with Gasteiger partial charge in [-0.25, -0.2) is 8.78 Å². The molecule has 2 nitrogen and oxygen atoms in total. The van der Waals surface area contributed by atoms with Gasteiger partial charge in [-0.3, -0.25) is 0 Å². The molecular weight excluding hydrogens is 330 g/mol. The van der Waals surface area contributed by atoms with E-state index in [1.54, 1.807) is 24.3 Å². The maximum absolute atomic E-state index is 13.3. The summed E-state index contributed by atoms with van der Waals surface area (Å²) < 4.78 is 26.5. The second kappa shape index (κ2) is 8.21. The number of nitrogens with two attached hydrogens (primary N) is 2. The van der Waals surface area contributed by atoms with E-state index in [1.165, 1.54) is 24.3 Å². The first-order valence-electron chi connectivity index (χ1n) is 8.66.